The molecule has 1 rings (SSSR count). The summed E-state index contributed by atoms with van der Waals surface area (Å²) < 4.78 is 0. The van der Waals surface area contributed by atoms with Gasteiger partial charge in [-0.15, -0.1) is 5.75 Å². The summed E-state index contributed by atoms with van der Waals surface area (Å²) >= 11 is 0. The van der Waals surface area contributed by atoms with Crippen molar-refractivity contribution in [2.45, 2.75) is 0 Å². The molecule has 0 aliphatic rings. The van der Waals surface area contributed by atoms with E-state index in [-0.39, 0.29) is 11.3 Å². The molecule has 0 aromatic heterocycles. The van der Waals surface area contributed by atoms with E-state index in [0.717, 1.165) is 0 Å². The van der Waals surface area contributed by atoms with Crippen LogP contribution in [0.4, 0.5) is 0 Å². The molecule has 0 heterocycles. The summed E-state index contributed by atoms with van der Waals surface area (Å²) in [7, 11) is 0. The van der Waals surface area contributed by atoms with Gasteiger partial charge in [-0.3, -0.25) is 0 Å². The number of hydrogen-bond donors (Lipinski definition) is 1. The monoisotopic (exact) mass is 135 g/mol. The highest BCUT2D eigenvalue weighted by Crippen LogP contribution is 2.09. The standard InChI is InChI=1S/C7H7NO2/c8-7(10)5-3-1-2-4-6(5)9/h1-4,9H,(H2,8,10)/p-2. The molecule has 10 heavy (non-hydrogen) atoms. The fourth-order valence-electron chi connectivity index (χ4n) is 0.654. The average Bonchev–Trinajstić information content (AvgIpc) is 1.88. The van der Waals surface area contributed by atoms with Gasteiger partial charge in [-0.25, -0.2) is 0 Å². The molecular formula is C7H5NO2-2. The zero-order chi connectivity index (χ0) is 7.56. The third kappa shape index (κ3) is 1.07. The Hall–Kier alpha value is -1.51. The molecule has 1 N–H and O–H groups in total. The molecule has 1 aromatic rings. The van der Waals surface area contributed by atoms with Crippen LogP contribution in [0.2, 0.25) is 0 Å². The lowest BCUT2D eigenvalue weighted by Gasteiger charge is -2.15. The van der Waals surface area contributed by atoms with Gasteiger partial charge in [-0.2, -0.15) is 0 Å². The van der Waals surface area contributed by atoms with E-state index in [0.29, 0.717) is 0 Å². The van der Waals surface area contributed by atoms with Crippen molar-refractivity contribution in [3.63, 3.8) is 0 Å². The molecule has 0 radical (unpaired) electrons. The van der Waals surface area contributed by atoms with Gasteiger partial charge in [0, 0.05) is 0 Å². The third-order valence-corrected chi connectivity index (χ3v) is 1.13. The van der Waals surface area contributed by atoms with Gasteiger partial charge in [0.05, 0.1) is 0 Å². The SMILES string of the molecule is N=C([O-])c1ccccc1[O-]. The van der Waals surface area contributed by atoms with Gasteiger partial charge in [0.1, 0.15) is 0 Å². The normalized spacial score (nSPS) is 9.20. The zero-order valence-corrected chi connectivity index (χ0v) is 5.13. The van der Waals surface area contributed by atoms with Crippen LogP contribution in [-0.4, -0.2) is 5.90 Å². The number of nitrogens with one attached hydrogen (secondary N) is 1. The molecule has 0 amide bonds. The second-order valence-corrected chi connectivity index (χ2v) is 1.83. The first-order chi connectivity index (χ1) is 4.72. The van der Waals surface area contributed by atoms with E-state index in [1.54, 1.807) is 6.07 Å². The number of rotatable bonds is 1. The van der Waals surface area contributed by atoms with E-state index < -0.39 is 5.90 Å². The quantitative estimate of drug-likeness (QED) is 0.414. The van der Waals surface area contributed by atoms with Crippen LogP contribution in [0.5, 0.6) is 5.75 Å². The Morgan fingerprint density at radius 3 is 2.30 bits per heavy atom. The van der Waals surface area contributed by atoms with Crippen LogP contribution in [0.15, 0.2) is 24.3 Å². The second-order valence-electron chi connectivity index (χ2n) is 1.83. The summed E-state index contributed by atoms with van der Waals surface area (Å²) in [5.74, 6) is -1.31. The Bertz CT molecular complexity index is 258. The Balaban J connectivity index is 3.15. The first kappa shape index (κ1) is 6.61. The van der Waals surface area contributed by atoms with Crippen LogP contribution in [0.25, 0.3) is 0 Å². The Morgan fingerprint density at radius 2 is 1.90 bits per heavy atom. The lowest BCUT2D eigenvalue weighted by Crippen LogP contribution is -2.18. The van der Waals surface area contributed by atoms with Gasteiger partial charge in [-0.1, -0.05) is 24.3 Å². The minimum absolute atomic E-state index is 0.0671. The largest absolute Gasteiger partial charge is 0.872 e. The van der Waals surface area contributed by atoms with Gasteiger partial charge < -0.3 is 15.6 Å². The predicted octanol–water partition coefficient (Wildman–Crippen LogP) is -0.554. The third-order valence-electron chi connectivity index (χ3n) is 1.13. The lowest BCUT2D eigenvalue weighted by atomic mass is 10.2. The van der Waals surface area contributed by atoms with Crippen molar-refractivity contribution in [2.24, 2.45) is 0 Å². The van der Waals surface area contributed by atoms with Crippen LogP contribution in [0, 0.1) is 5.41 Å². The second kappa shape index (κ2) is 2.39. The van der Waals surface area contributed by atoms with E-state index in [9.17, 15) is 10.2 Å². The highest BCUT2D eigenvalue weighted by atomic mass is 16.3. The van der Waals surface area contributed by atoms with Crippen molar-refractivity contribution in [3.05, 3.63) is 29.8 Å². The van der Waals surface area contributed by atoms with Crippen LogP contribution in [0.1, 0.15) is 5.56 Å². The number of hydrogen-bond acceptors (Lipinski definition) is 3. The number of para-hydroxylation sites is 1. The first-order valence-electron chi connectivity index (χ1n) is 2.74. The Labute approximate surface area is 58.1 Å². The summed E-state index contributed by atoms with van der Waals surface area (Å²) in [6.45, 7) is 0. The maximum Gasteiger partial charge on any atom is -0.0155 e. The van der Waals surface area contributed by atoms with Gasteiger partial charge >= 0.3 is 0 Å². The highest BCUT2D eigenvalue weighted by Gasteiger charge is 1.87. The van der Waals surface area contributed by atoms with Crippen molar-refractivity contribution in [1.82, 2.24) is 0 Å². The van der Waals surface area contributed by atoms with Crippen molar-refractivity contribution in [1.29, 1.82) is 5.41 Å². The summed E-state index contributed by atoms with van der Waals surface area (Å²) in [5.41, 5.74) is -0.0671. The highest BCUT2D eigenvalue weighted by molar-refractivity contribution is 5.90. The summed E-state index contributed by atoms with van der Waals surface area (Å²) in [6.07, 6.45) is 0. The topological polar surface area (TPSA) is 70.0 Å². The molecule has 0 unspecified atom stereocenters. The summed E-state index contributed by atoms with van der Waals surface area (Å²) in [4.78, 5) is 0. The molecule has 0 saturated heterocycles. The van der Waals surface area contributed by atoms with Crippen LogP contribution < -0.4 is 10.2 Å². The van der Waals surface area contributed by atoms with Crippen LogP contribution >= 0.6 is 0 Å². The maximum absolute atomic E-state index is 10.7. The maximum atomic E-state index is 10.7. The van der Waals surface area contributed by atoms with Crippen LogP contribution in [0.3, 0.4) is 0 Å². The lowest BCUT2D eigenvalue weighted by molar-refractivity contribution is -0.270. The van der Waals surface area contributed by atoms with Gasteiger partial charge in [-0.05, 0) is 11.5 Å². The van der Waals surface area contributed by atoms with Crippen molar-refractivity contribution >= 4 is 5.90 Å². The summed E-state index contributed by atoms with van der Waals surface area (Å²) in [5, 5.41) is 27.7. The molecule has 3 heteroatoms. The zero-order valence-electron chi connectivity index (χ0n) is 5.13. The van der Waals surface area contributed by atoms with E-state index in [2.05, 4.69) is 0 Å². The minimum Gasteiger partial charge on any atom is -0.872 e. The Kier molecular flexibility index (Phi) is 1.58. The molecule has 0 spiro atoms. The van der Waals surface area contributed by atoms with E-state index in [1.807, 2.05) is 0 Å². The van der Waals surface area contributed by atoms with Crippen LogP contribution in [-0.2, 0) is 0 Å². The minimum atomic E-state index is -0.925. The molecule has 0 atom stereocenters. The average molecular weight is 135 g/mol. The van der Waals surface area contributed by atoms with E-state index >= 15 is 0 Å². The Morgan fingerprint density at radius 1 is 1.30 bits per heavy atom. The fraction of sp³-hybridized carbons (Fsp3) is 0. The fourth-order valence-corrected chi connectivity index (χ4v) is 0.654. The molecule has 0 fully saturated rings. The molecule has 0 aliphatic carbocycles. The molecule has 1 aromatic carbocycles. The smallest absolute Gasteiger partial charge is 0.0155 e. The molecule has 52 valence electrons. The predicted molar refractivity (Wildman–Crippen MR) is 32.7 cm³/mol. The van der Waals surface area contributed by atoms with E-state index in [1.165, 1.54) is 18.2 Å². The molecule has 0 aliphatic heterocycles. The van der Waals surface area contributed by atoms with E-state index in [4.69, 9.17) is 5.41 Å². The molecule has 0 bridgehead atoms. The van der Waals surface area contributed by atoms with Crippen molar-refractivity contribution in [3.8, 4) is 5.75 Å². The van der Waals surface area contributed by atoms with Crippen molar-refractivity contribution in [2.75, 3.05) is 0 Å². The summed E-state index contributed by atoms with van der Waals surface area (Å²) in [6, 6.07) is 5.71. The molecule has 0 saturated carbocycles. The first-order valence-corrected chi connectivity index (χ1v) is 2.74. The van der Waals surface area contributed by atoms with Gasteiger partial charge in [0.2, 0.25) is 0 Å². The van der Waals surface area contributed by atoms with Gasteiger partial charge in [0.15, 0.2) is 0 Å². The van der Waals surface area contributed by atoms with Crippen molar-refractivity contribution < 1.29 is 10.2 Å². The van der Waals surface area contributed by atoms with Gasteiger partial charge in [0.25, 0.3) is 0 Å². The molecular weight excluding hydrogens is 130 g/mol. The number of benzene rings is 1. The molecule has 3 nitrogen and oxygen atoms in total.